The summed E-state index contributed by atoms with van der Waals surface area (Å²) < 4.78 is 4.93. The number of halogens is 1. The molecular weight excluding hydrogens is 483 g/mol. The first-order chi connectivity index (χ1) is 13.7. The van der Waals surface area contributed by atoms with E-state index < -0.39 is 0 Å². The SMILES string of the molecule is CCNC(=NCCCN1CCCCCC1=O)NCCCCCCC(=O)OCC.I. The van der Waals surface area contributed by atoms with Crippen LogP contribution in [-0.4, -0.2) is 62.1 Å². The van der Waals surface area contributed by atoms with Gasteiger partial charge in [0.1, 0.15) is 0 Å². The van der Waals surface area contributed by atoms with Crippen LogP contribution < -0.4 is 10.6 Å². The monoisotopic (exact) mass is 524 g/mol. The Labute approximate surface area is 193 Å². The molecule has 0 aromatic carbocycles. The van der Waals surface area contributed by atoms with Crippen LogP contribution in [0.15, 0.2) is 4.99 Å². The maximum atomic E-state index is 12.0. The predicted octanol–water partition coefficient (Wildman–Crippen LogP) is 3.47. The molecule has 1 fully saturated rings. The second-order valence-electron chi connectivity index (χ2n) is 7.20. The highest BCUT2D eigenvalue weighted by Gasteiger charge is 2.15. The molecule has 1 amide bonds. The van der Waals surface area contributed by atoms with Crippen molar-refractivity contribution in [3.8, 4) is 0 Å². The fourth-order valence-electron chi connectivity index (χ4n) is 3.26. The second kappa shape index (κ2) is 18.9. The standard InChI is InChI=1S/C21H40N4O3.HI/c1-3-22-21(23-15-10-6-5-9-14-20(27)28-4-2)24-16-12-18-25-17-11-7-8-13-19(25)26;/h3-18H2,1-2H3,(H2,22,23,24);1H. The van der Waals surface area contributed by atoms with E-state index in [1.807, 2.05) is 11.8 Å². The Kier molecular flexibility index (Phi) is 18.2. The fourth-order valence-corrected chi connectivity index (χ4v) is 3.26. The highest BCUT2D eigenvalue weighted by molar-refractivity contribution is 14.0. The molecule has 0 aromatic rings. The third-order valence-electron chi connectivity index (χ3n) is 4.78. The maximum Gasteiger partial charge on any atom is 0.305 e. The van der Waals surface area contributed by atoms with Crippen LogP contribution in [-0.2, 0) is 14.3 Å². The van der Waals surface area contributed by atoms with Crippen LogP contribution in [0, 0.1) is 0 Å². The van der Waals surface area contributed by atoms with Crippen molar-refractivity contribution in [2.75, 3.05) is 39.3 Å². The molecule has 1 rings (SSSR count). The number of hydrogen-bond donors (Lipinski definition) is 2. The summed E-state index contributed by atoms with van der Waals surface area (Å²) in [5, 5.41) is 6.63. The minimum atomic E-state index is -0.0935. The molecule has 0 aromatic heterocycles. The lowest BCUT2D eigenvalue weighted by Gasteiger charge is -2.20. The third kappa shape index (κ3) is 14.5. The number of unbranched alkanes of at least 4 members (excludes halogenated alkanes) is 3. The molecule has 0 radical (unpaired) electrons. The summed E-state index contributed by atoms with van der Waals surface area (Å²) in [5.41, 5.74) is 0. The zero-order chi connectivity index (χ0) is 20.5. The summed E-state index contributed by atoms with van der Waals surface area (Å²) in [4.78, 5) is 29.9. The number of carbonyl (C=O) groups excluding carboxylic acids is 2. The molecule has 1 heterocycles. The number of likely N-dealkylation sites (tertiary alicyclic amines) is 1. The van der Waals surface area contributed by atoms with E-state index in [4.69, 9.17) is 4.74 Å². The second-order valence-corrected chi connectivity index (χ2v) is 7.20. The van der Waals surface area contributed by atoms with Crippen LogP contribution in [0.4, 0.5) is 0 Å². The van der Waals surface area contributed by atoms with Crippen molar-refractivity contribution in [1.29, 1.82) is 0 Å². The van der Waals surface area contributed by atoms with E-state index in [1.165, 1.54) is 0 Å². The fraction of sp³-hybridized carbons (Fsp3) is 0.857. The van der Waals surface area contributed by atoms with Crippen LogP contribution in [0.3, 0.4) is 0 Å². The zero-order valence-corrected chi connectivity index (χ0v) is 20.7. The summed E-state index contributed by atoms with van der Waals surface area (Å²) in [6, 6.07) is 0. The van der Waals surface area contributed by atoms with Gasteiger partial charge in [-0.2, -0.15) is 0 Å². The number of amides is 1. The third-order valence-corrected chi connectivity index (χ3v) is 4.78. The zero-order valence-electron chi connectivity index (χ0n) is 18.3. The van der Waals surface area contributed by atoms with Crippen LogP contribution >= 0.6 is 24.0 Å². The largest absolute Gasteiger partial charge is 0.466 e. The minimum Gasteiger partial charge on any atom is -0.466 e. The average Bonchev–Trinajstić information content (AvgIpc) is 2.88. The number of nitrogens with zero attached hydrogens (tertiary/aromatic N) is 2. The van der Waals surface area contributed by atoms with E-state index in [2.05, 4.69) is 22.5 Å². The molecule has 8 heteroatoms. The number of hydrogen-bond acceptors (Lipinski definition) is 4. The van der Waals surface area contributed by atoms with E-state index in [9.17, 15) is 9.59 Å². The van der Waals surface area contributed by atoms with E-state index in [1.54, 1.807) is 0 Å². The molecule has 0 unspecified atom stereocenters. The van der Waals surface area contributed by atoms with E-state index in [-0.39, 0.29) is 29.9 Å². The van der Waals surface area contributed by atoms with Gasteiger partial charge >= 0.3 is 5.97 Å². The predicted molar refractivity (Wildman–Crippen MR) is 129 cm³/mol. The topological polar surface area (TPSA) is 83.0 Å². The van der Waals surface area contributed by atoms with Gasteiger partial charge in [-0.15, -0.1) is 24.0 Å². The van der Waals surface area contributed by atoms with Crippen molar-refractivity contribution >= 4 is 41.8 Å². The first-order valence-corrected chi connectivity index (χ1v) is 11.1. The van der Waals surface area contributed by atoms with Crippen LogP contribution in [0.1, 0.15) is 78.1 Å². The van der Waals surface area contributed by atoms with Crippen molar-refractivity contribution in [2.45, 2.75) is 78.1 Å². The van der Waals surface area contributed by atoms with Crippen molar-refractivity contribution in [3.05, 3.63) is 0 Å². The summed E-state index contributed by atoms with van der Waals surface area (Å²) in [6.45, 7) is 8.48. The van der Waals surface area contributed by atoms with Crippen molar-refractivity contribution in [2.24, 2.45) is 4.99 Å². The first-order valence-electron chi connectivity index (χ1n) is 11.1. The summed E-state index contributed by atoms with van der Waals surface area (Å²) in [5.74, 6) is 1.05. The lowest BCUT2D eigenvalue weighted by Crippen LogP contribution is -2.38. The molecular formula is C21H41IN4O3. The molecule has 1 saturated heterocycles. The Hall–Kier alpha value is -1.06. The maximum absolute atomic E-state index is 12.0. The average molecular weight is 524 g/mol. The lowest BCUT2D eigenvalue weighted by molar-refractivity contribution is -0.143. The number of rotatable bonds is 13. The smallest absolute Gasteiger partial charge is 0.305 e. The molecule has 170 valence electrons. The molecule has 0 aliphatic carbocycles. The summed E-state index contributed by atoms with van der Waals surface area (Å²) in [6.07, 6.45) is 9.51. The number of aliphatic imine (C=N–C) groups is 1. The molecule has 0 atom stereocenters. The van der Waals surface area contributed by atoms with Gasteiger partial charge < -0.3 is 20.3 Å². The highest BCUT2D eigenvalue weighted by atomic mass is 127. The van der Waals surface area contributed by atoms with Gasteiger partial charge in [0, 0.05) is 45.6 Å². The number of ether oxygens (including phenoxy) is 1. The molecule has 0 spiro atoms. The summed E-state index contributed by atoms with van der Waals surface area (Å²) in [7, 11) is 0. The number of nitrogens with one attached hydrogen (secondary N) is 2. The van der Waals surface area contributed by atoms with E-state index in [0.717, 1.165) is 90.0 Å². The Balaban J connectivity index is 0.00000784. The molecule has 2 N–H and O–H groups in total. The number of esters is 1. The van der Waals surface area contributed by atoms with Gasteiger partial charge in [0.15, 0.2) is 5.96 Å². The summed E-state index contributed by atoms with van der Waals surface area (Å²) >= 11 is 0. The van der Waals surface area contributed by atoms with Crippen molar-refractivity contribution in [3.63, 3.8) is 0 Å². The Morgan fingerprint density at radius 3 is 2.62 bits per heavy atom. The molecule has 1 aliphatic rings. The van der Waals surface area contributed by atoms with Crippen LogP contribution in [0.5, 0.6) is 0 Å². The molecule has 0 saturated carbocycles. The molecule has 29 heavy (non-hydrogen) atoms. The van der Waals surface area contributed by atoms with Gasteiger partial charge in [-0.3, -0.25) is 14.6 Å². The van der Waals surface area contributed by atoms with Crippen molar-refractivity contribution < 1.29 is 14.3 Å². The van der Waals surface area contributed by atoms with Gasteiger partial charge in [0.25, 0.3) is 0 Å². The number of carbonyl (C=O) groups is 2. The van der Waals surface area contributed by atoms with Crippen molar-refractivity contribution in [1.82, 2.24) is 15.5 Å². The Morgan fingerprint density at radius 2 is 1.86 bits per heavy atom. The number of guanidine groups is 1. The van der Waals surface area contributed by atoms with Gasteiger partial charge in [0.2, 0.25) is 5.91 Å². The van der Waals surface area contributed by atoms with E-state index in [0.29, 0.717) is 25.4 Å². The molecule has 0 bridgehead atoms. The van der Waals surface area contributed by atoms with Gasteiger partial charge in [-0.1, -0.05) is 19.3 Å². The van der Waals surface area contributed by atoms with Gasteiger partial charge in [0.05, 0.1) is 6.61 Å². The lowest BCUT2D eigenvalue weighted by atomic mass is 10.1. The minimum absolute atomic E-state index is 0. The van der Waals surface area contributed by atoms with Gasteiger partial charge in [-0.25, -0.2) is 0 Å². The Bertz CT molecular complexity index is 475. The van der Waals surface area contributed by atoms with Crippen LogP contribution in [0.2, 0.25) is 0 Å². The molecule has 7 nitrogen and oxygen atoms in total. The molecule has 1 aliphatic heterocycles. The van der Waals surface area contributed by atoms with Crippen LogP contribution in [0.25, 0.3) is 0 Å². The normalized spacial score (nSPS) is 14.8. The quantitative estimate of drug-likeness (QED) is 0.127. The van der Waals surface area contributed by atoms with E-state index >= 15 is 0 Å². The van der Waals surface area contributed by atoms with Gasteiger partial charge in [-0.05, 0) is 46.0 Å². The first kappa shape index (κ1) is 27.9. The Morgan fingerprint density at radius 1 is 1.07 bits per heavy atom. The highest BCUT2D eigenvalue weighted by Crippen LogP contribution is 2.11.